The van der Waals surface area contributed by atoms with Crippen molar-refractivity contribution in [3.05, 3.63) is 65.9 Å². The molecule has 1 aliphatic heterocycles. The van der Waals surface area contributed by atoms with Crippen LogP contribution in [0, 0.1) is 0 Å². The van der Waals surface area contributed by atoms with E-state index < -0.39 is 5.54 Å². The summed E-state index contributed by atoms with van der Waals surface area (Å²) in [6, 6.07) is 18.3. The highest BCUT2D eigenvalue weighted by atomic mass is 16.2. The first-order valence-corrected chi connectivity index (χ1v) is 12.2. The fraction of sp³-hybridized carbons (Fsp3) is 0.429. The van der Waals surface area contributed by atoms with Crippen molar-refractivity contribution < 1.29 is 9.59 Å². The summed E-state index contributed by atoms with van der Waals surface area (Å²) >= 11 is 0. The van der Waals surface area contributed by atoms with Crippen molar-refractivity contribution in [2.75, 3.05) is 4.90 Å². The van der Waals surface area contributed by atoms with Gasteiger partial charge in [0.1, 0.15) is 11.2 Å². The number of nitrogens with zero attached hydrogens (tertiary/aromatic N) is 2. The van der Waals surface area contributed by atoms with Crippen LogP contribution in [0.2, 0.25) is 0 Å². The van der Waals surface area contributed by atoms with E-state index in [1.165, 1.54) is 12.0 Å². The van der Waals surface area contributed by atoms with Crippen LogP contribution in [-0.4, -0.2) is 28.0 Å². The first kappa shape index (κ1) is 21.7. The molecule has 1 aromatic heterocycles. The zero-order chi connectivity index (χ0) is 23.2. The first-order valence-electron chi connectivity index (χ1n) is 12.2. The number of para-hydroxylation sites is 1. The van der Waals surface area contributed by atoms with Gasteiger partial charge in [-0.3, -0.25) is 14.5 Å². The van der Waals surface area contributed by atoms with E-state index >= 15 is 0 Å². The Morgan fingerprint density at radius 1 is 1.03 bits per heavy atom. The lowest BCUT2D eigenvalue weighted by molar-refractivity contribution is -0.127. The largest absolute Gasteiger partial charge is 0.351 e. The molecule has 0 unspecified atom stereocenters. The molecule has 2 aromatic carbocycles. The molecule has 172 valence electrons. The van der Waals surface area contributed by atoms with Crippen LogP contribution in [0.3, 0.4) is 0 Å². The SMILES string of the molecule is CC(C)c1ccc(N2C(=O)c3cc4ccccc4n3C[C@]2(C)C(=O)NC2CCCCC2)cc1. The van der Waals surface area contributed by atoms with Crippen LogP contribution in [0.15, 0.2) is 54.6 Å². The zero-order valence-corrected chi connectivity index (χ0v) is 19.8. The van der Waals surface area contributed by atoms with Gasteiger partial charge in [-0.25, -0.2) is 0 Å². The minimum Gasteiger partial charge on any atom is -0.351 e. The topological polar surface area (TPSA) is 54.3 Å². The van der Waals surface area contributed by atoms with Crippen molar-refractivity contribution in [2.24, 2.45) is 0 Å². The monoisotopic (exact) mass is 443 g/mol. The Morgan fingerprint density at radius 2 is 1.73 bits per heavy atom. The summed E-state index contributed by atoms with van der Waals surface area (Å²) in [5.41, 5.74) is 2.58. The number of carbonyl (C=O) groups is 2. The number of amides is 2. The number of nitrogens with one attached hydrogen (secondary N) is 1. The fourth-order valence-electron chi connectivity index (χ4n) is 5.45. The van der Waals surface area contributed by atoms with Gasteiger partial charge in [-0.15, -0.1) is 0 Å². The molecular weight excluding hydrogens is 410 g/mol. The van der Waals surface area contributed by atoms with Crippen molar-refractivity contribution in [3.63, 3.8) is 0 Å². The molecule has 33 heavy (non-hydrogen) atoms. The van der Waals surface area contributed by atoms with Gasteiger partial charge in [0.15, 0.2) is 0 Å². The van der Waals surface area contributed by atoms with Gasteiger partial charge < -0.3 is 9.88 Å². The number of benzene rings is 2. The van der Waals surface area contributed by atoms with Gasteiger partial charge >= 0.3 is 0 Å². The summed E-state index contributed by atoms with van der Waals surface area (Å²) in [7, 11) is 0. The van der Waals surface area contributed by atoms with E-state index in [4.69, 9.17) is 0 Å². The summed E-state index contributed by atoms with van der Waals surface area (Å²) in [6.45, 7) is 6.64. The molecule has 0 radical (unpaired) electrons. The van der Waals surface area contributed by atoms with E-state index in [-0.39, 0.29) is 17.9 Å². The lowest BCUT2D eigenvalue weighted by Gasteiger charge is -2.44. The predicted molar refractivity (Wildman–Crippen MR) is 133 cm³/mol. The van der Waals surface area contributed by atoms with E-state index in [1.807, 2.05) is 54.0 Å². The van der Waals surface area contributed by atoms with Gasteiger partial charge in [0.05, 0.1) is 6.54 Å². The Morgan fingerprint density at radius 3 is 2.42 bits per heavy atom. The highest BCUT2D eigenvalue weighted by molar-refractivity contribution is 6.14. The molecule has 1 N–H and O–H groups in total. The molecule has 1 fully saturated rings. The summed E-state index contributed by atoms with van der Waals surface area (Å²) in [5, 5.41) is 4.33. The maximum Gasteiger partial charge on any atom is 0.275 e. The number of aromatic nitrogens is 1. The molecule has 0 spiro atoms. The summed E-state index contributed by atoms with van der Waals surface area (Å²) in [5.74, 6) is 0.204. The molecule has 0 bridgehead atoms. The summed E-state index contributed by atoms with van der Waals surface area (Å²) < 4.78 is 2.02. The van der Waals surface area contributed by atoms with E-state index in [1.54, 1.807) is 4.90 Å². The van der Waals surface area contributed by atoms with Gasteiger partial charge in [-0.05, 0) is 55.5 Å². The van der Waals surface area contributed by atoms with Crippen LogP contribution < -0.4 is 10.2 Å². The first-order chi connectivity index (χ1) is 15.9. The molecule has 2 heterocycles. The minimum atomic E-state index is -1.03. The number of hydrogen-bond donors (Lipinski definition) is 1. The average Bonchev–Trinajstić information content (AvgIpc) is 3.19. The molecule has 5 heteroatoms. The smallest absolute Gasteiger partial charge is 0.275 e. The lowest BCUT2D eigenvalue weighted by Crippen LogP contribution is -2.65. The second-order valence-corrected chi connectivity index (χ2v) is 10.1. The molecule has 1 atom stereocenters. The minimum absolute atomic E-state index is 0.0703. The lowest BCUT2D eigenvalue weighted by atomic mass is 9.90. The van der Waals surface area contributed by atoms with Crippen LogP contribution in [0.1, 0.15) is 74.8 Å². The predicted octanol–water partition coefficient (Wildman–Crippen LogP) is 5.63. The van der Waals surface area contributed by atoms with Crippen molar-refractivity contribution in [2.45, 2.75) is 76.9 Å². The van der Waals surface area contributed by atoms with E-state index in [9.17, 15) is 9.59 Å². The summed E-state index contributed by atoms with van der Waals surface area (Å²) in [6.07, 6.45) is 5.54. The molecule has 5 nitrogen and oxygen atoms in total. The second-order valence-electron chi connectivity index (χ2n) is 10.1. The highest BCUT2D eigenvalue weighted by Crippen LogP contribution is 2.36. The third kappa shape index (κ3) is 3.73. The van der Waals surface area contributed by atoms with Crippen molar-refractivity contribution in [3.8, 4) is 0 Å². The van der Waals surface area contributed by atoms with Gasteiger partial charge in [-0.2, -0.15) is 0 Å². The number of rotatable bonds is 4. The Kier molecular flexibility index (Phi) is 5.51. The zero-order valence-electron chi connectivity index (χ0n) is 19.8. The average molecular weight is 444 g/mol. The Bertz CT molecular complexity index is 1190. The van der Waals surface area contributed by atoms with Crippen molar-refractivity contribution >= 4 is 28.4 Å². The maximum absolute atomic E-state index is 13.9. The standard InChI is InChI=1S/C28H33N3O2/c1-19(2)20-13-15-23(16-14-20)31-26(32)25-17-21-9-7-8-12-24(21)30(25)18-28(31,3)27(33)29-22-10-5-4-6-11-22/h7-9,12-17,19,22H,4-6,10-11,18H2,1-3H3,(H,29,33)/t28-/m1/s1. The normalized spacial score (nSPS) is 21.5. The van der Waals surface area contributed by atoms with Crippen LogP contribution in [0.4, 0.5) is 5.69 Å². The molecule has 3 aromatic rings. The van der Waals surface area contributed by atoms with Gasteiger partial charge in [0.25, 0.3) is 5.91 Å². The van der Waals surface area contributed by atoms with Crippen LogP contribution >= 0.6 is 0 Å². The second kappa shape index (κ2) is 8.36. The maximum atomic E-state index is 13.9. The third-order valence-electron chi connectivity index (χ3n) is 7.44. The Hall–Kier alpha value is -3.08. The quantitative estimate of drug-likeness (QED) is 0.568. The van der Waals surface area contributed by atoms with Crippen molar-refractivity contribution in [1.82, 2.24) is 9.88 Å². The molecule has 1 saturated carbocycles. The Balaban J connectivity index is 1.59. The highest BCUT2D eigenvalue weighted by Gasteiger charge is 2.49. The van der Waals surface area contributed by atoms with Crippen LogP contribution in [0.5, 0.6) is 0 Å². The molecule has 1 aliphatic carbocycles. The molecule has 2 aliphatic rings. The molecule has 0 saturated heterocycles. The van der Waals surface area contributed by atoms with E-state index in [0.717, 1.165) is 42.3 Å². The third-order valence-corrected chi connectivity index (χ3v) is 7.44. The molecule has 5 rings (SSSR count). The number of anilines is 1. The van der Waals surface area contributed by atoms with Crippen molar-refractivity contribution in [1.29, 1.82) is 0 Å². The Labute approximate surface area is 195 Å². The van der Waals surface area contributed by atoms with Crippen LogP contribution in [0.25, 0.3) is 10.9 Å². The molecular formula is C28H33N3O2. The van der Waals surface area contributed by atoms with E-state index in [2.05, 4.69) is 31.3 Å². The number of hydrogen-bond acceptors (Lipinski definition) is 2. The van der Waals surface area contributed by atoms with Crippen LogP contribution in [-0.2, 0) is 11.3 Å². The fourth-order valence-corrected chi connectivity index (χ4v) is 5.45. The number of fused-ring (bicyclic) bond motifs is 3. The van der Waals surface area contributed by atoms with Gasteiger partial charge in [-0.1, -0.05) is 63.4 Å². The molecule has 2 amide bonds. The summed E-state index contributed by atoms with van der Waals surface area (Å²) in [4.78, 5) is 29.5. The van der Waals surface area contributed by atoms with E-state index in [0.29, 0.717) is 18.2 Å². The van der Waals surface area contributed by atoms with Gasteiger partial charge in [0, 0.05) is 22.6 Å². The van der Waals surface area contributed by atoms with Gasteiger partial charge in [0.2, 0.25) is 5.91 Å². The number of carbonyl (C=O) groups excluding carboxylic acids is 2.